The minimum atomic E-state index is -0.815. The summed E-state index contributed by atoms with van der Waals surface area (Å²) in [6, 6.07) is -0.111. The highest BCUT2D eigenvalue weighted by atomic mass is 16.5. The Morgan fingerprint density at radius 3 is 2.83 bits per heavy atom. The first-order chi connectivity index (χ1) is 8.56. The summed E-state index contributed by atoms with van der Waals surface area (Å²) in [4.78, 5) is 26.2. The van der Waals surface area contributed by atoms with Gasteiger partial charge in [-0.3, -0.25) is 4.79 Å². The number of likely N-dealkylation sites (N-methyl/N-ethyl adjacent to an activating group) is 1. The van der Waals surface area contributed by atoms with Crippen molar-refractivity contribution >= 4 is 12.0 Å². The fourth-order valence-corrected chi connectivity index (χ4v) is 2.04. The van der Waals surface area contributed by atoms with E-state index < -0.39 is 11.9 Å². The van der Waals surface area contributed by atoms with Crippen LogP contribution in [0.2, 0.25) is 0 Å². The van der Waals surface area contributed by atoms with Crippen molar-refractivity contribution in [3.63, 3.8) is 0 Å². The molecular formula is C12H22N2O4. The van der Waals surface area contributed by atoms with Gasteiger partial charge in [0, 0.05) is 33.3 Å². The van der Waals surface area contributed by atoms with E-state index in [1.807, 2.05) is 6.92 Å². The standard InChI is InChI=1S/C12H22N2O4/c1-3-18-8-7-13(2)12(17)14-6-4-5-10(9-14)11(15)16/h10H,3-9H2,1-2H3,(H,15,16)/t10-/m0/s1. The van der Waals surface area contributed by atoms with Crippen molar-refractivity contribution in [3.05, 3.63) is 0 Å². The molecule has 1 heterocycles. The number of carboxylic acids is 1. The van der Waals surface area contributed by atoms with Crippen molar-refractivity contribution in [2.24, 2.45) is 5.92 Å². The van der Waals surface area contributed by atoms with Gasteiger partial charge in [-0.15, -0.1) is 0 Å². The summed E-state index contributed by atoms with van der Waals surface area (Å²) in [5.74, 6) is -1.24. The zero-order chi connectivity index (χ0) is 13.5. The highest BCUT2D eigenvalue weighted by molar-refractivity contribution is 5.76. The van der Waals surface area contributed by atoms with Crippen molar-refractivity contribution in [1.82, 2.24) is 9.80 Å². The van der Waals surface area contributed by atoms with Gasteiger partial charge in [-0.05, 0) is 19.8 Å². The first-order valence-electron chi connectivity index (χ1n) is 6.36. The maximum Gasteiger partial charge on any atom is 0.319 e. The van der Waals surface area contributed by atoms with Gasteiger partial charge in [0.05, 0.1) is 12.5 Å². The van der Waals surface area contributed by atoms with Crippen molar-refractivity contribution in [2.75, 3.05) is 39.9 Å². The number of hydrogen-bond donors (Lipinski definition) is 1. The van der Waals surface area contributed by atoms with Gasteiger partial charge in [-0.25, -0.2) is 4.79 Å². The lowest BCUT2D eigenvalue weighted by Gasteiger charge is -2.33. The molecule has 1 fully saturated rings. The van der Waals surface area contributed by atoms with E-state index in [0.29, 0.717) is 39.3 Å². The molecule has 6 heteroatoms. The SMILES string of the molecule is CCOCCN(C)C(=O)N1CCC[C@H](C(=O)O)C1. The second kappa shape index (κ2) is 7.20. The van der Waals surface area contributed by atoms with Crippen LogP contribution in [0.5, 0.6) is 0 Å². The summed E-state index contributed by atoms with van der Waals surface area (Å²) in [6.07, 6.45) is 1.41. The molecule has 0 aromatic rings. The maximum absolute atomic E-state index is 12.1. The summed E-state index contributed by atoms with van der Waals surface area (Å²) in [6.45, 7) is 4.53. The molecule has 0 spiro atoms. The Kier molecular flexibility index (Phi) is 5.91. The Labute approximate surface area is 107 Å². The van der Waals surface area contributed by atoms with E-state index in [4.69, 9.17) is 9.84 Å². The summed E-state index contributed by atoms with van der Waals surface area (Å²) in [7, 11) is 1.71. The van der Waals surface area contributed by atoms with Crippen LogP contribution < -0.4 is 0 Å². The van der Waals surface area contributed by atoms with Crippen LogP contribution in [0.25, 0.3) is 0 Å². The lowest BCUT2D eigenvalue weighted by Crippen LogP contribution is -2.48. The van der Waals surface area contributed by atoms with Gasteiger partial charge in [0.15, 0.2) is 0 Å². The van der Waals surface area contributed by atoms with Crippen molar-refractivity contribution < 1.29 is 19.4 Å². The van der Waals surface area contributed by atoms with E-state index in [9.17, 15) is 9.59 Å². The zero-order valence-corrected chi connectivity index (χ0v) is 11.1. The molecule has 0 bridgehead atoms. The fraction of sp³-hybridized carbons (Fsp3) is 0.833. The van der Waals surface area contributed by atoms with Crippen LogP contribution in [0.4, 0.5) is 4.79 Å². The number of carboxylic acid groups (broad SMARTS) is 1. The third kappa shape index (κ3) is 4.18. The van der Waals surface area contributed by atoms with Crippen LogP contribution in [0.15, 0.2) is 0 Å². The van der Waals surface area contributed by atoms with Crippen molar-refractivity contribution in [2.45, 2.75) is 19.8 Å². The van der Waals surface area contributed by atoms with E-state index in [0.717, 1.165) is 6.42 Å². The van der Waals surface area contributed by atoms with E-state index in [1.165, 1.54) is 0 Å². The molecule has 0 saturated carbocycles. The van der Waals surface area contributed by atoms with Crippen LogP contribution in [0.3, 0.4) is 0 Å². The first kappa shape index (κ1) is 14.8. The molecule has 1 rings (SSSR count). The van der Waals surface area contributed by atoms with Crippen molar-refractivity contribution in [1.29, 1.82) is 0 Å². The number of carbonyl (C=O) groups is 2. The van der Waals surface area contributed by atoms with Gasteiger partial charge >= 0.3 is 12.0 Å². The molecule has 0 radical (unpaired) electrons. The summed E-state index contributed by atoms with van der Waals surface area (Å²) in [5.41, 5.74) is 0. The number of ether oxygens (including phenoxy) is 1. The first-order valence-corrected chi connectivity index (χ1v) is 6.36. The van der Waals surface area contributed by atoms with Crippen LogP contribution in [0.1, 0.15) is 19.8 Å². The van der Waals surface area contributed by atoms with Gasteiger partial charge in [0.25, 0.3) is 0 Å². The minimum Gasteiger partial charge on any atom is -0.481 e. The van der Waals surface area contributed by atoms with Crippen LogP contribution in [-0.2, 0) is 9.53 Å². The summed E-state index contributed by atoms with van der Waals surface area (Å²) in [5, 5.41) is 8.98. The summed E-state index contributed by atoms with van der Waals surface area (Å²) < 4.78 is 5.19. The highest BCUT2D eigenvalue weighted by Gasteiger charge is 2.29. The third-order valence-electron chi connectivity index (χ3n) is 3.14. The van der Waals surface area contributed by atoms with E-state index in [1.54, 1.807) is 16.8 Å². The molecule has 1 aliphatic heterocycles. The predicted molar refractivity (Wildman–Crippen MR) is 66.5 cm³/mol. The number of carbonyl (C=O) groups excluding carboxylic acids is 1. The lowest BCUT2D eigenvalue weighted by molar-refractivity contribution is -0.143. The lowest BCUT2D eigenvalue weighted by atomic mass is 9.99. The Balaban J connectivity index is 2.42. The Morgan fingerprint density at radius 2 is 2.22 bits per heavy atom. The van der Waals surface area contributed by atoms with Crippen molar-refractivity contribution in [3.8, 4) is 0 Å². The van der Waals surface area contributed by atoms with Gasteiger partial charge in [-0.1, -0.05) is 0 Å². The smallest absolute Gasteiger partial charge is 0.319 e. The monoisotopic (exact) mass is 258 g/mol. The molecule has 0 unspecified atom stereocenters. The van der Waals surface area contributed by atoms with Crippen LogP contribution >= 0.6 is 0 Å². The molecule has 6 nitrogen and oxygen atoms in total. The summed E-state index contributed by atoms with van der Waals surface area (Å²) >= 11 is 0. The largest absolute Gasteiger partial charge is 0.481 e. The topological polar surface area (TPSA) is 70.1 Å². The second-order valence-corrected chi connectivity index (χ2v) is 4.52. The van der Waals surface area contributed by atoms with E-state index >= 15 is 0 Å². The zero-order valence-electron chi connectivity index (χ0n) is 11.1. The molecule has 1 aliphatic rings. The van der Waals surface area contributed by atoms with Crippen LogP contribution in [-0.4, -0.2) is 66.8 Å². The average Bonchev–Trinajstić information content (AvgIpc) is 2.38. The average molecular weight is 258 g/mol. The number of hydrogen-bond acceptors (Lipinski definition) is 3. The second-order valence-electron chi connectivity index (χ2n) is 4.52. The number of aliphatic carboxylic acids is 1. The number of urea groups is 1. The van der Waals surface area contributed by atoms with Gasteiger partial charge in [-0.2, -0.15) is 0 Å². The molecule has 1 atom stereocenters. The molecule has 0 aromatic heterocycles. The molecule has 104 valence electrons. The molecule has 2 amide bonds. The molecule has 0 aliphatic carbocycles. The molecule has 1 N–H and O–H groups in total. The molecule has 18 heavy (non-hydrogen) atoms. The predicted octanol–water partition coefficient (Wildman–Crippen LogP) is 0.871. The Bertz CT molecular complexity index is 296. The molecular weight excluding hydrogens is 236 g/mol. The number of amides is 2. The number of likely N-dealkylation sites (tertiary alicyclic amines) is 1. The minimum absolute atomic E-state index is 0.111. The van der Waals surface area contributed by atoms with Gasteiger partial charge < -0.3 is 19.6 Å². The number of nitrogens with zero attached hydrogens (tertiary/aromatic N) is 2. The maximum atomic E-state index is 12.1. The molecule has 0 aromatic carbocycles. The highest BCUT2D eigenvalue weighted by Crippen LogP contribution is 2.17. The Hall–Kier alpha value is -1.30. The normalized spacial score (nSPS) is 19.7. The number of piperidine rings is 1. The third-order valence-corrected chi connectivity index (χ3v) is 3.14. The van der Waals surface area contributed by atoms with Gasteiger partial charge in [0.2, 0.25) is 0 Å². The quantitative estimate of drug-likeness (QED) is 0.743. The van der Waals surface area contributed by atoms with E-state index in [-0.39, 0.29) is 6.03 Å². The number of rotatable bonds is 5. The molecule has 1 saturated heterocycles. The fourth-order valence-electron chi connectivity index (χ4n) is 2.04. The van der Waals surface area contributed by atoms with Crippen LogP contribution in [0, 0.1) is 5.92 Å². The Morgan fingerprint density at radius 1 is 1.50 bits per heavy atom. The van der Waals surface area contributed by atoms with E-state index in [2.05, 4.69) is 0 Å². The van der Waals surface area contributed by atoms with Gasteiger partial charge in [0.1, 0.15) is 0 Å².